The van der Waals surface area contributed by atoms with Gasteiger partial charge in [0.15, 0.2) is 0 Å². The fourth-order valence-corrected chi connectivity index (χ4v) is 3.95. The number of rotatable bonds is 5. The van der Waals surface area contributed by atoms with Crippen LogP contribution in [-0.2, 0) is 6.54 Å². The molecular formula is C23H22ClN5O. The Hall–Kier alpha value is -3.25. The van der Waals surface area contributed by atoms with Gasteiger partial charge in [0.25, 0.3) is 0 Å². The van der Waals surface area contributed by atoms with Crippen LogP contribution in [0.15, 0.2) is 71.3 Å². The summed E-state index contributed by atoms with van der Waals surface area (Å²) in [5, 5.41) is 5.18. The Morgan fingerprint density at radius 1 is 0.900 bits per heavy atom. The number of halogens is 1. The van der Waals surface area contributed by atoms with Gasteiger partial charge in [0.2, 0.25) is 5.95 Å². The third-order valence-electron chi connectivity index (χ3n) is 5.34. The lowest BCUT2D eigenvalue weighted by Crippen LogP contribution is -2.47. The maximum Gasteiger partial charge on any atom is 0.228 e. The smallest absolute Gasteiger partial charge is 0.228 e. The molecule has 5 rings (SSSR count). The number of hydrogen-bond donors (Lipinski definition) is 1. The molecule has 0 aliphatic carbocycles. The van der Waals surface area contributed by atoms with Crippen LogP contribution >= 0.6 is 11.6 Å². The minimum Gasteiger partial charge on any atom is -0.467 e. The Bertz CT molecular complexity index is 1140. The Balaban J connectivity index is 1.36. The first kappa shape index (κ1) is 18.8. The highest BCUT2D eigenvalue weighted by Gasteiger charge is 2.21. The zero-order valence-corrected chi connectivity index (χ0v) is 17.2. The van der Waals surface area contributed by atoms with Gasteiger partial charge < -0.3 is 19.5 Å². The third-order valence-corrected chi connectivity index (χ3v) is 5.57. The van der Waals surface area contributed by atoms with Gasteiger partial charge in [0, 0.05) is 42.3 Å². The molecule has 152 valence electrons. The predicted octanol–water partition coefficient (Wildman–Crippen LogP) is 4.81. The highest BCUT2D eigenvalue weighted by molar-refractivity contribution is 6.30. The van der Waals surface area contributed by atoms with Crippen molar-refractivity contribution in [2.75, 3.05) is 41.3 Å². The quantitative estimate of drug-likeness (QED) is 0.500. The molecule has 0 saturated carbocycles. The molecule has 4 aromatic rings. The summed E-state index contributed by atoms with van der Waals surface area (Å²) >= 11 is 6.16. The van der Waals surface area contributed by atoms with Crippen molar-refractivity contribution < 1.29 is 4.42 Å². The van der Waals surface area contributed by atoms with Gasteiger partial charge in [0.05, 0.1) is 18.3 Å². The first-order valence-corrected chi connectivity index (χ1v) is 10.4. The summed E-state index contributed by atoms with van der Waals surface area (Å²) in [5.74, 6) is 2.44. The van der Waals surface area contributed by atoms with Crippen LogP contribution in [0.5, 0.6) is 0 Å². The molecule has 2 aromatic carbocycles. The van der Waals surface area contributed by atoms with Crippen LogP contribution < -0.4 is 15.1 Å². The van der Waals surface area contributed by atoms with Crippen LogP contribution in [0.25, 0.3) is 10.9 Å². The van der Waals surface area contributed by atoms with Gasteiger partial charge in [-0.3, -0.25) is 0 Å². The summed E-state index contributed by atoms with van der Waals surface area (Å²) in [6.07, 6.45) is 1.68. The van der Waals surface area contributed by atoms with Crippen LogP contribution in [-0.4, -0.2) is 36.1 Å². The average Bonchev–Trinajstić information content (AvgIpc) is 3.31. The maximum absolute atomic E-state index is 6.16. The fourth-order valence-electron chi connectivity index (χ4n) is 3.76. The molecule has 0 spiro atoms. The zero-order valence-electron chi connectivity index (χ0n) is 16.5. The molecule has 0 radical (unpaired) electrons. The topological polar surface area (TPSA) is 57.4 Å². The second-order valence-electron chi connectivity index (χ2n) is 7.28. The molecule has 2 aromatic heterocycles. The van der Waals surface area contributed by atoms with E-state index in [-0.39, 0.29) is 0 Å². The van der Waals surface area contributed by atoms with E-state index >= 15 is 0 Å². The normalized spacial score (nSPS) is 14.3. The lowest BCUT2D eigenvalue weighted by molar-refractivity contribution is 0.518. The molecule has 1 aliphatic heterocycles. The van der Waals surface area contributed by atoms with Crippen molar-refractivity contribution in [2.24, 2.45) is 0 Å². The largest absolute Gasteiger partial charge is 0.467 e. The minimum absolute atomic E-state index is 0.579. The Kier molecular flexibility index (Phi) is 5.15. The zero-order chi connectivity index (χ0) is 20.3. The molecule has 1 aliphatic rings. The molecule has 0 amide bonds. The van der Waals surface area contributed by atoms with Crippen molar-refractivity contribution in [1.82, 2.24) is 9.97 Å². The molecule has 0 unspecified atom stereocenters. The molecule has 7 heteroatoms. The molecule has 1 N–H and O–H groups in total. The van der Waals surface area contributed by atoms with Gasteiger partial charge in [-0.15, -0.1) is 0 Å². The van der Waals surface area contributed by atoms with Crippen LogP contribution in [0, 0.1) is 0 Å². The molecule has 3 heterocycles. The summed E-state index contributed by atoms with van der Waals surface area (Å²) < 4.78 is 5.44. The molecule has 1 fully saturated rings. The highest BCUT2D eigenvalue weighted by Crippen LogP contribution is 2.26. The second-order valence-corrected chi connectivity index (χ2v) is 7.71. The molecule has 6 nitrogen and oxygen atoms in total. The summed E-state index contributed by atoms with van der Waals surface area (Å²) in [6, 6.07) is 19.9. The summed E-state index contributed by atoms with van der Waals surface area (Å²) in [6.45, 7) is 4.07. The number of aromatic nitrogens is 2. The summed E-state index contributed by atoms with van der Waals surface area (Å²) in [5.41, 5.74) is 2.09. The number of hydrogen-bond acceptors (Lipinski definition) is 6. The lowest BCUT2D eigenvalue weighted by Gasteiger charge is -2.36. The van der Waals surface area contributed by atoms with Crippen molar-refractivity contribution in [3.05, 3.63) is 77.7 Å². The van der Waals surface area contributed by atoms with Gasteiger partial charge in [-0.25, -0.2) is 4.98 Å². The van der Waals surface area contributed by atoms with Gasteiger partial charge in [-0.1, -0.05) is 29.8 Å². The number of furan rings is 1. The van der Waals surface area contributed by atoms with Crippen molar-refractivity contribution in [3.8, 4) is 0 Å². The van der Waals surface area contributed by atoms with Crippen molar-refractivity contribution in [1.29, 1.82) is 0 Å². The van der Waals surface area contributed by atoms with Gasteiger partial charge in [-0.05, 0) is 42.5 Å². The number of para-hydroxylation sites is 1. The van der Waals surface area contributed by atoms with E-state index in [1.807, 2.05) is 54.6 Å². The van der Waals surface area contributed by atoms with E-state index in [1.54, 1.807) is 6.26 Å². The van der Waals surface area contributed by atoms with Crippen LogP contribution in [0.4, 0.5) is 17.5 Å². The van der Waals surface area contributed by atoms with E-state index in [0.717, 1.165) is 65.3 Å². The van der Waals surface area contributed by atoms with E-state index in [9.17, 15) is 0 Å². The standard InChI is InChI=1S/C23H22ClN5O/c24-17-5-3-6-18(15-17)28-10-12-29(13-11-28)23-26-21-9-2-1-8-20(21)22(27-23)25-16-19-7-4-14-30-19/h1-9,14-15H,10-13,16H2,(H,25,26,27). The Morgan fingerprint density at radius 2 is 1.73 bits per heavy atom. The molecule has 30 heavy (non-hydrogen) atoms. The van der Waals surface area contributed by atoms with E-state index in [0.29, 0.717) is 6.54 Å². The Labute approximate surface area is 180 Å². The number of benzene rings is 2. The van der Waals surface area contributed by atoms with E-state index < -0.39 is 0 Å². The van der Waals surface area contributed by atoms with Gasteiger partial charge in [0.1, 0.15) is 11.6 Å². The van der Waals surface area contributed by atoms with Crippen LogP contribution in [0.1, 0.15) is 5.76 Å². The molecular weight excluding hydrogens is 398 g/mol. The highest BCUT2D eigenvalue weighted by atomic mass is 35.5. The monoisotopic (exact) mass is 419 g/mol. The second kappa shape index (κ2) is 8.24. The number of anilines is 3. The predicted molar refractivity (Wildman–Crippen MR) is 121 cm³/mol. The number of nitrogens with zero attached hydrogens (tertiary/aromatic N) is 4. The summed E-state index contributed by atoms with van der Waals surface area (Å²) in [4.78, 5) is 14.3. The number of piperazine rings is 1. The SMILES string of the molecule is Clc1cccc(N2CCN(c3nc(NCc4ccco4)c4ccccc4n3)CC2)c1. The van der Waals surface area contributed by atoms with Gasteiger partial charge in [-0.2, -0.15) is 4.98 Å². The third kappa shape index (κ3) is 3.91. The Morgan fingerprint density at radius 3 is 2.53 bits per heavy atom. The van der Waals surface area contributed by atoms with E-state index in [1.165, 1.54) is 0 Å². The average molecular weight is 420 g/mol. The molecule has 0 atom stereocenters. The van der Waals surface area contributed by atoms with Crippen molar-refractivity contribution in [3.63, 3.8) is 0 Å². The molecule has 1 saturated heterocycles. The minimum atomic E-state index is 0.579. The lowest BCUT2D eigenvalue weighted by atomic mass is 10.2. The van der Waals surface area contributed by atoms with E-state index in [2.05, 4.69) is 21.2 Å². The molecule has 0 bridgehead atoms. The number of fused-ring (bicyclic) bond motifs is 1. The van der Waals surface area contributed by atoms with Crippen molar-refractivity contribution >= 4 is 40.0 Å². The summed E-state index contributed by atoms with van der Waals surface area (Å²) in [7, 11) is 0. The first-order chi connectivity index (χ1) is 14.8. The van der Waals surface area contributed by atoms with E-state index in [4.69, 9.17) is 26.0 Å². The van der Waals surface area contributed by atoms with Crippen LogP contribution in [0.3, 0.4) is 0 Å². The first-order valence-electron chi connectivity index (χ1n) is 10.0. The van der Waals surface area contributed by atoms with Crippen molar-refractivity contribution in [2.45, 2.75) is 6.54 Å². The number of nitrogens with one attached hydrogen (secondary N) is 1. The van der Waals surface area contributed by atoms with Gasteiger partial charge >= 0.3 is 0 Å². The fraction of sp³-hybridized carbons (Fsp3) is 0.217. The van der Waals surface area contributed by atoms with Crippen LogP contribution in [0.2, 0.25) is 5.02 Å². The maximum atomic E-state index is 6.16.